The van der Waals surface area contributed by atoms with Gasteiger partial charge in [0.2, 0.25) is 0 Å². The summed E-state index contributed by atoms with van der Waals surface area (Å²) in [4.78, 5) is 5.48. The molecule has 1 aromatic heterocycles. The van der Waals surface area contributed by atoms with E-state index in [0.29, 0.717) is 16.5 Å². The molecule has 0 unspecified atom stereocenters. The lowest BCUT2D eigenvalue weighted by molar-refractivity contribution is -0.119. The molecule has 0 bridgehead atoms. The number of aromatic nitrogens is 1. The molecule has 2 nitrogen and oxygen atoms in total. The SMILES string of the molecule is FC(F)(F)CN(CCBr)c1ccnc2ccccc12. The molecule has 0 amide bonds. The van der Waals surface area contributed by atoms with Crippen molar-refractivity contribution in [1.29, 1.82) is 0 Å². The van der Waals surface area contributed by atoms with Crippen molar-refractivity contribution < 1.29 is 13.2 Å². The van der Waals surface area contributed by atoms with Crippen LogP contribution < -0.4 is 4.90 Å². The van der Waals surface area contributed by atoms with Gasteiger partial charge in [0.05, 0.1) is 5.52 Å². The smallest absolute Gasteiger partial charge is 0.361 e. The lowest BCUT2D eigenvalue weighted by Gasteiger charge is -2.26. The second-order valence-electron chi connectivity index (χ2n) is 4.07. The predicted molar refractivity (Wildman–Crippen MR) is 73.8 cm³/mol. The Balaban J connectivity index is 2.44. The number of para-hydroxylation sites is 1. The molecule has 0 spiro atoms. The third kappa shape index (κ3) is 3.59. The Morgan fingerprint density at radius 1 is 1.16 bits per heavy atom. The van der Waals surface area contributed by atoms with Crippen molar-refractivity contribution in [2.75, 3.05) is 23.3 Å². The van der Waals surface area contributed by atoms with Crippen LogP contribution in [0.15, 0.2) is 36.5 Å². The van der Waals surface area contributed by atoms with Gasteiger partial charge in [-0.25, -0.2) is 0 Å². The minimum Gasteiger partial charge on any atom is -0.361 e. The van der Waals surface area contributed by atoms with Gasteiger partial charge in [0.15, 0.2) is 0 Å². The summed E-state index contributed by atoms with van der Waals surface area (Å²) in [5, 5.41) is 1.20. The van der Waals surface area contributed by atoms with E-state index in [2.05, 4.69) is 20.9 Å². The van der Waals surface area contributed by atoms with Crippen LogP contribution in [0, 0.1) is 0 Å². The van der Waals surface area contributed by atoms with E-state index in [-0.39, 0.29) is 6.54 Å². The number of rotatable bonds is 4. The summed E-state index contributed by atoms with van der Waals surface area (Å²) in [6, 6.07) is 8.82. The minimum absolute atomic E-state index is 0.285. The van der Waals surface area contributed by atoms with Gasteiger partial charge in [-0.2, -0.15) is 13.2 Å². The number of hydrogen-bond donors (Lipinski definition) is 0. The summed E-state index contributed by atoms with van der Waals surface area (Å²) in [5.74, 6) is 0. The molecule has 0 saturated heterocycles. The van der Waals surface area contributed by atoms with Crippen molar-refractivity contribution in [3.63, 3.8) is 0 Å². The maximum Gasteiger partial charge on any atom is 0.405 e. The van der Waals surface area contributed by atoms with Crippen molar-refractivity contribution in [3.8, 4) is 0 Å². The molecule has 0 saturated carbocycles. The number of halogens is 4. The first-order chi connectivity index (χ1) is 9.01. The van der Waals surface area contributed by atoms with Crippen molar-refractivity contribution in [1.82, 2.24) is 4.98 Å². The quantitative estimate of drug-likeness (QED) is 0.787. The fraction of sp³-hybridized carbons (Fsp3) is 0.308. The van der Waals surface area contributed by atoms with E-state index in [4.69, 9.17) is 0 Å². The molecule has 0 aliphatic heterocycles. The second kappa shape index (κ2) is 5.77. The summed E-state index contributed by atoms with van der Waals surface area (Å²) < 4.78 is 37.9. The van der Waals surface area contributed by atoms with Gasteiger partial charge >= 0.3 is 6.18 Å². The van der Waals surface area contributed by atoms with Gasteiger partial charge in [-0.05, 0) is 12.1 Å². The number of hydrogen-bond acceptors (Lipinski definition) is 2. The molecule has 1 heterocycles. The Hall–Kier alpha value is -1.30. The number of fused-ring (bicyclic) bond motifs is 1. The van der Waals surface area contributed by atoms with E-state index in [1.165, 1.54) is 11.1 Å². The highest BCUT2D eigenvalue weighted by atomic mass is 79.9. The zero-order valence-electron chi connectivity index (χ0n) is 9.99. The van der Waals surface area contributed by atoms with Gasteiger partial charge in [-0.1, -0.05) is 34.1 Å². The number of anilines is 1. The third-order valence-electron chi connectivity index (χ3n) is 2.69. The van der Waals surface area contributed by atoms with Gasteiger partial charge in [-0.3, -0.25) is 4.98 Å². The Kier molecular flexibility index (Phi) is 4.29. The van der Waals surface area contributed by atoms with Crippen molar-refractivity contribution in [2.45, 2.75) is 6.18 Å². The molecule has 19 heavy (non-hydrogen) atoms. The zero-order valence-corrected chi connectivity index (χ0v) is 11.6. The van der Waals surface area contributed by atoms with Gasteiger partial charge in [-0.15, -0.1) is 0 Å². The normalized spacial score (nSPS) is 11.8. The third-order valence-corrected chi connectivity index (χ3v) is 3.05. The predicted octanol–water partition coefficient (Wildman–Crippen LogP) is 4.00. The first kappa shape index (κ1) is 14.1. The number of nitrogens with zero attached hydrogens (tertiary/aromatic N) is 2. The lowest BCUT2D eigenvalue weighted by Crippen LogP contribution is -2.35. The van der Waals surface area contributed by atoms with Crippen LogP contribution in [0.1, 0.15) is 0 Å². The minimum atomic E-state index is -4.23. The van der Waals surface area contributed by atoms with Crippen LogP contribution in [-0.2, 0) is 0 Å². The van der Waals surface area contributed by atoms with Crippen LogP contribution in [0.3, 0.4) is 0 Å². The van der Waals surface area contributed by atoms with E-state index < -0.39 is 12.7 Å². The molecule has 1 aromatic carbocycles. The highest BCUT2D eigenvalue weighted by molar-refractivity contribution is 9.09. The summed E-state index contributed by atoms with van der Waals surface area (Å²) in [5.41, 5.74) is 1.25. The second-order valence-corrected chi connectivity index (χ2v) is 4.87. The summed E-state index contributed by atoms with van der Waals surface area (Å²) in [6.45, 7) is -0.680. The van der Waals surface area contributed by atoms with E-state index in [9.17, 15) is 13.2 Å². The fourth-order valence-electron chi connectivity index (χ4n) is 1.96. The van der Waals surface area contributed by atoms with Gasteiger partial charge in [0.1, 0.15) is 6.54 Å². The number of benzene rings is 1. The maximum atomic E-state index is 12.6. The van der Waals surface area contributed by atoms with E-state index in [0.717, 1.165) is 5.39 Å². The van der Waals surface area contributed by atoms with E-state index in [1.807, 2.05) is 6.07 Å². The molecule has 0 aliphatic carbocycles. The Bertz CT molecular complexity index is 552. The zero-order chi connectivity index (χ0) is 13.9. The molecular formula is C13H12BrF3N2. The highest BCUT2D eigenvalue weighted by Gasteiger charge is 2.31. The Morgan fingerprint density at radius 2 is 1.89 bits per heavy atom. The molecule has 0 fully saturated rings. The fourth-order valence-corrected chi connectivity index (χ4v) is 2.39. The van der Waals surface area contributed by atoms with Crippen molar-refractivity contribution >= 4 is 32.5 Å². The topological polar surface area (TPSA) is 16.1 Å². The van der Waals surface area contributed by atoms with Crippen LogP contribution in [0.25, 0.3) is 10.9 Å². The summed E-state index contributed by atoms with van der Waals surface area (Å²) in [6.07, 6.45) is -2.69. The maximum absolute atomic E-state index is 12.6. The van der Waals surface area contributed by atoms with Crippen LogP contribution >= 0.6 is 15.9 Å². The standard InChI is InChI=1S/C13H12BrF3N2/c14-6-8-19(9-13(15,16)17)12-5-7-18-11-4-2-1-3-10(11)12/h1-5,7H,6,8-9H2. The average molecular weight is 333 g/mol. The molecule has 0 radical (unpaired) electrons. The van der Waals surface area contributed by atoms with Crippen LogP contribution in [-0.4, -0.2) is 29.6 Å². The molecule has 2 rings (SSSR count). The Morgan fingerprint density at radius 3 is 2.58 bits per heavy atom. The van der Waals surface area contributed by atoms with E-state index in [1.54, 1.807) is 24.3 Å². The summed E-state index contributed by atoms with van der Waals surface area (Å²) >= 11 is 3.19. The van der Waals surface area contributed by atoms with E-state index >= 15 is 0 Å². The number of alkyl halides is 4. The Labute approximate surface area is 117 Å². The molecular weight excluding hydrogens is 321 g/mol. The van der Waals surface area contributed by atoms with Gasteiger partial charge < -0.3 is 4.90 Å². The average Bonchev–Trinajstić information content (AvgIpc) is 2.36. The molecule has 6 heteroatoms. The number of pyridine rings is 1. The first-order valence-electron chi connectivity index (χ1n) is 5.72. The monoisotopic (exact) mass is 332 g/mol. The van der Waals surface area contributed by atoms with Gasteiger partial charge in [0, 0.05) is 29.1 Å². The first-order valence-corrected chi connectivity index (χ1v) is 6.85. The van der Waals surface area contributed by atoms with Gasteiger partial charge in [0.25, 0.3) is 0 Å². The lowest BCUT2D eigenvalue weighted by atomic mass is 10.1. The molecule has 0 N–H and O–H groups in total. The van der Waals surface area contributed by atoms with Crippen molar-refractivity contribution in [2.24, 2.45) is 0 Å². The highest BCUT2D eigenvalue weighted by Crippen LogP contribution is 2.28. The summed E-state index contributed by atoms with van der Waals surface area (Å²) in [7, 11) is 0. The molecule has 0 aliphatic rings. The van der Waals surface area contributed by atoms with Crippen LogP contribution in [0.2, 0.25) is 0 Å². The molecule has 0 atom stereocenters. The van der Waals surface area contributed by atoms with Crippen LogP contribution in [0.5, 0.6) is 0 Å². The molecule has 2 aromatic rings. The largest absolute Gasteiger partial charge is 0.405 e. The van der Waals surface area contributed by atoms with Crippen LogP contribution in [0.4, 0.5) is 18.9 Å². The molecule has 102 valence electrons. The van der Waals surface area contributed by atoms with Crippen molar-refractivity contribution in [3.05, 3.63) is 36.5 Å².